The maximum absolute atomic E-state index is 13.4. The van der Waals surface area contributed by atoms with Crippen molar-refractivity contribution in [3.05, 3.63) is 95.1 Å². The second-order valence-electron chi connectivity index (χ2n) is 8.28. The van der Waals surface area contributed by atoms with Crippen LogP contribution in [0.5, 0.6) is 5.75 Å². The van der Waals surface area contributed by atoms with Crippen LogP contribution in [0.15, 0.2) is 72.8 Å². The number of nitrogens with zero attached hydrogens (tertiary/aromatic N) is 2. The first kappa shape index (κ1) is 23.1. The zero-order valence-corrected chi connectivity index (χ0v) is 19.3. The van der Waals surface area contributed by atoms with Gasteiger partial charge in [-0.3, -0.25) is 9.59 Å². The first-order chi connectivity index (χ1) is 16.5. The summed E-state index contributed by atoms with van der Waals surface area (Å²) in [5.74, 6) is 0.355. The quantitative estimate of drug-likeness (QED) is 0.537. The van der Waals surface area contributed by atoms with Gasteiger partial charge < -0.3 is 15.0 Å². The summed E-state index contributed by atoms with van der Waals surface area (Å²) in [5.41, 5.74) is 3.51. The van der Waals surface area contributed by atoms with Gasteiger partial charge in [0.15, 0.2) is 6.10 Å². The minimum atomic E-state index is -0.557. The van der Waals surface area contributed by atoms with Crippen molar-refractivity contribution < 1.29 is 14.3 Å². The van der Waals surface area contributed by atoms with E-state index in [2.05, 4.69) is 12.2 Å². The average Bonchev–Trinajstić information content (AvgIpc) is 3.01. The van der Waals surface area contributed by atoms with Gasteiger partial charge in [0.1, 0.15) is 5.75 Å². The fraction of sp³-hybridized carbons (Fsp3) is 0.250. The molecule has 0 radical (unpaired) electrons. The van der Waals surface area contributed by atoms with Gasteiger partial charge in [-0.1, -0.05) is 44.2 Å². The highest BCUT2D eigenvalue weighted by molar-refractivity contribution is 6.04. The largest absolute Gasteiger partial charge is 0.480 e. The van der Waals surface area contributed by atoms with Crippen LogP contribution in [-0.2, 0) is 11.3 Å². The lowest BCUT2D eigenvalue weighted by Crippen LogP contribution is -2.41. The van der Waals surface area contributed by atoms with E-state index >= 15 is 0 Å². The third-order valence-electron chi connectivity index (χ3n) is 6.08. The second kappa shape index (κ2) is 10.2. The number of rotatable bonds is 6. The Hall–Kier alpha value is -4.11. The van der Waals surface area contributed by atoms with E-state index in [0.29, 0.717) is 35.5 Å². The van der Waals surface area contributed by atoms with Crippen LogP contribution in [0.3, 0.4) is 0 Å². The van der Waals surface area contributed by atoms with Crippen molar-refractivity contribution >= 4 is 17.5 Å². The van der Waals surface area contributed by atoms with Crippen LogP contribution < -0.4 is 10.1 Å². The molecule has 1 N–H and O–H groups in total. The summed E-state index contributed by atoms with van der Waals surface area (Å²) < 4.78 is 6.11. The van der Waals surface area contributed by atoms with Gasteiger partial charge in [0.2, 0.25) is 0 Å². The number of nitriles is 1. The Morgan fingerprint density at radius 2 is 1.85 bits per heavy atom. The third-order valence-corrected chi connectivity index (χ3v) is 6.08. The van der Waals surface area contributed by atoms with Crippen LogP contribution in [0.1, 0.15) is 59.8 Å². The van der Waals surface area contributed by atoms with Crippen molar-refractivity contribution in [1.82, 2.24) is 4.90 Å². The van der Waals surface area contributed by atoms with Crippen molar-refractivity contribution in [2.75, 3.05) is 5.32 Å². The number of hydrogen-bond donors (Lipinski definition) is 1. The van der Waals surface area contributed by atoms with E-state index in [1.807, 2.05) is 60.4 Å². The number of ether oxygens (including phenoxy) is 1. The van der Waals surface area contributed by atoms with Crippen LogP contribution >= 0.6 is 0 Å². The van der Waals surface area contributed by atoms with Crippen LogP contribution in [0, 0.1) is 11.3 Å². The topological polar surface area (TPSA) is 82.4 Å². The number of carbonyl (C=O) groups is 2. The summed E-state index contributed by atoms with van der Waals surface area (Å²) >= 11 is 0. The van der Waals surface area contributed by atoms with Crippen LogP contribution in [0.2, 0.25) is 0 Å². The molecule has 0 spiro atoms. The molecule has 2 atom stereocenters. The molecule has 0 fully saturated rings. The van der Waals surface area contributed by atoms with E-state index in [4.69, 9.17) is 10.00 Å². The number of nitrogens with one attached hydrogen (secondary N) is 1. The Labute approximate surface area is 199 Å². The molecule has 34 heavy (non-hydrogen) atoms. The maximum Gasteiger partial charge on any atom is 0.264 e. The van der Waals surface area contributed by atoms with Gasteiger partial charge in [-0.25, -0.2) is 0 Å². The van der Waals surface area contributed by atoms with Gasteiger partial charge in [0.05, 0.1) is 24.2 Å². The number of fused-ring (bicyclic) bond motifs is 1. The van der Waals surface area contributed by atoms with Crippen LogP contribution in [-0.4, -0.2) is 22.8 Å². The van der Waals surface area contributed by atoms with Crippen molar-refractivity contribution in [2.24, 2.45) is 0 Å². The Morgan fingerprint density at radius 3 is 2.50 bits per heavy atom. The molecule has 0 saturated carbocycles. The third kappa shape index (κ3) is 4.79. The van der Waals surface area contributed by atoms with Crippen LogP contribution in [0.25, 0.3) is 0 Å². The highest BCUT2D eigenvalue weighted by atomic mass is 16.5. The second-order valence-corrected chi connectivity index (χ2v) is 8.28. The minimum Gasteiger partial charge on any atom is -0.480 e. The normalized spacial score (nSPS) is 16.0. The monoisotopic (exact) mass is 453 g/mol. The van der Waals surface area contributed by atoms with E-state index in [-0.39, 0.29) is 17.9 Å². The fourth-order valence-electron chi connectivity index (χ4n) is 4.28. The SMILES string of the molecule is CC[C@@H]1Oc2ccc(NC(=O)c3ccc(C#N)cc3)cc2CN([C@H](CC)c2ccccc2)C1=O. The predicted octanol–water partition coefficient (Wildman–Crippen LogP) is 5.46. The molecule has 0 bridgehead atoms. The zero-order chi connectivity index (χ0) is 24.1. The molecule has 3 aromatic rings. The Kier molecular flexibility index (Phi) is 6.93. The average molecular weight is 454 g/mol. The summed E-state index contributed by atoms with van der Waals surface area (Å²) in [6.45, 7) is 4.41. The van der Waals surface area contributed by atoms with Crippen molar-refractivity contribution in [3.63, 3.8) is 0 Å². The van der Waals surface area contributed by atoms with E-state index < -0.39 is 6.10 Å². The zero-order valence-electron chi connectivity index (χ0n) is 19.3. The summed E-state index contributed by atoms with van der Waals surface area (Å²) in [5, 5.41) is 11.9. The van der Waals surface area contributed by atoms with Crippen LogP contribution in [0.4, 0.5) is 5.69 Å². The summed E-state index contributed by atoms with van der Waals surface area (Å²) in [4.78, 5) is 28.0. The fourth-order valence-corrected chi connectivity index (χ4v) is 4.28. The summed E-state index contributed by atoms with van der Waals surface area (Å²) in [7, 11) is 0. The molecular formula is C28H27N3O3. The van der Waals surface area contributed by atoms with Crippen molar-refractivity contribution in [1.29, 1.82) is 5.26 Å². The molecule has 172 valence electrons. The van der Waals surface area contributed by atoms with Gasteiger partial charge in [0.25, 0.3) is 11.8 Å². The highest BCUT2D eigenvalue weighted by Gasteiger charge is 2.34. The molecule has 1 aliphatic heterocycles. The molecule has 0 aliphatic carbocycles. The number of amides is 2. The summed E-state index contributed by atoms with van der Waals surface area (Å²) in [6, 6.07) is 23.9. The predicted molar refractivity (Wildman–Crippen MR) is 130 cm³/mol. The lowest BCUT2D eigenvalue weighted by Gasteiger charge is -2.32. The number of carbonyl (C=O) groups excluding carboxylic acids is 2. The highest BCUT2D eigenvalue weighted by Crippen LogP contribution is 2.34. The van der Waals surface area contributed by atoms with Gasteiger partial charge in [-0.15, -0.1) is 0 Å². The minimum absolute atomic E-state index is 0.0300. The van der Waals surface area contributed by atoms with Gasteiger partial charge >= 0.3 is 0 Å². The summed E-state index contributed by atoms with van der Waals surface area (Å²) in [6.07, 6.45) is 0.784. The molecule has 6 heteroatoms. The molecule has 2 amide bonds. The number of benzene rings is 3. The van der Waals surface area contributed by atoms with E-state index in [1.165, 1.54) is 0 Å². The lowest BCUT2D eigenvalue weighted by atomic mass is 10.0. The number of hydrogen-bond acceptors (Lipinski definition) is 4. The van der Waals surface area contributed by atoms with Crippen molar-refractivity contribution in [2.45, 2.75) is 45.4 Å². The maximum atomic E-state index is 13.4. The molecular weight excluding hydrogens is 426 g/mol. The van der Waals surface area contributed by atoms with Gasteiger partial charge in [-0.2, -0.15) is 5.26 Å². The Morgan fingerprint density at radius 1 is 1.12 bits per heavy atom. The number of anilines is 1. The lowest BCUT2D eigenvalue weighted by molar-refractivity contribution is -0.141. The molecule has 1 aliphatic rings. The smallest absolute Gasteiger partial charge is 0.264 e. The standard InChI is InChI=1S/C28H27N3O3/c1-3-24(20-8-6-5-7-9-20)31-18-22-16-23(14-15-26(22)34-25(4-2)28(31)33)30-27(32)21-12-10-19(17-29)11-13-21/h5-16,24-25H,3-4,18H2,1-2H3,(H,30,32)/t24-,25+/m1/s1. The van der Waals surface area contributed by atoms with E-state index in [1.54, 1.807) is 30.3 Å². The Balaban J connectivity index is 1.63. The van der Waals surface area contributed by atoms with E-state index in [0.717, 1.165) is 17.5 Å². The van der Waals surface area contributed by atoms with Gasteiger partial charge in [-0.05, 0) is 60.9 Å². The molecule has 6 nitrogen and oxygen atoms in total. The van der Waals surface area contributed by atoms with Crippen molar-refractivity contribution in [3.8, 4) is 11.8 Å². The Bertz CT molecular complexity index is 1220. The molecule has 0 saturated heterocycles. The first-order valence-corrected chi connectivity index (χ1v) is 11.5. The van der Waals surface area contributed by atoms with E-state index in [9.17, 15) is 9.59 Å². The molecule has 0 aromatic heterocycles. The molecule has 1 heterocycles. The van der Waals surface area contributed by atoms with Gasteiger partial charge in [0, 0.05) is 16.8 Å². The first-order valence-electron chi connectivity index (χ1n) is 11.5. The molecule has 3 aromatic carbocycles. The molecule has 4 rings (SSSR count). The molecule has 0 unspecified atom stereocenters.